The molecule has 0 aromatic heterocycles. The SMILES string of the molecule is CCOP(OCc1c(C)cc(C)cc1C)c1ccccc1. The largest absolute Gasteiger partial charge is 0.331 e. The van der Waals surface area contributed by atoms with E-state index in [0.717, 1.165) is 5.30 Å². The third-order valence-corrected chi connectivity index (χ3v) is 4.96. The van der Waals surface area contributed by atoms with E-state index in [1.165, 1.54) is 22.3 Å². The number of benzene rings is 2. The molecule has 0 aliphatic heterocycles. The highest BCUT2D eigenvalue weighted by atomic mass is 31.2. The fraction of sp³-hybridized carbons (Fsp3) is 0.333. The van der Waals surface area contributed by atoms with Crippen LogP contribution in [0.25, 0.3) is 0 Å². The summed E-state index contributed by atoms with van der Waals surface area (Å²) in [6.45, 7) is 9.67. The quantitative estimate of drug-likeness (QED) is 0.713. The van der Waals surface area contributed by atoms with E-state index in [-0.39, 0.29) is 0 Å². The van der Waals surface area contributed by atoms with Crippen LogP contribution >= 0.6 is 8.38 Å². The van der Waals surface area contributed by atoms with E-state index in [1.807, 2.05) is 25.1 Å². The molecule has 21 heavy (non-hydrogen) atoms. The lowest BCUT2D eigenvalue weighted by Gasteiger charge is -2.19. The molecule has 0 saturated carbocycles. The Morgan fingerprint density at radius 3 is 2.10 bits per heavy atom. The minimum absolute atomic E-state index is 0.596. The number of hydrogen-bond acceptors (Lipinski definition) is 2. The molecule has 0 N–H and O–H groups in total. The second-order valence-corrected chi connectivity index (χ2v) is 6.71. The predicted molar refractivity (Wildman–Crippen MR) is 90.1 cm³/mol. The molecule has 0 bridgehead atoms. The van der Waals surface area contributed by atoms with Crippen molar-refractivity contribution in [2.24, 2.45) is 0 Å². The molecule has 2 nitrogen and oxygen atoms in total. The Labute approximate surface area is 129 Å². The van der Waals surface area contributed by atoms with Crippen molar-refractivity contribution >= 4 is 13.7 Å². The van der Waals surface area contributed by atoms with Gasteiger partial charge < -0.3 is 9.05 Å². The lowest BCUT2D eigenvalue weighted by molar-refractivity contribution is 0.258. The van der Waals surface area contributed by atoms with E-state index >= 15 is 0 Å². The summed E-state index contributed by atoms with van der Waals surface area (Å²) < 4.78 is 11.9. The average Bonchev–Trinajstić information content (AvgIpc) is 2.46. The summed E-state index contributed by atoms with van der Waals surface area (Å²) in [5.74, 6) is 0. The van der Waals surface area contributed by atoms with Gasteiger partial charge in [0.05, 0.1) is 13.2 Å². The summed E-state index contributed by atoms with van der Waals surface area (Å²) in [6.07, 6.45) is 0. The maximum absolute atomic E-state index is 6.10. The van der Waals surface area contributed by atoms with Crippen molar-refractivity contribution in [1.29, 1.82) is 0 Å². The van der Waals surface area contributed by atoms with E-state index in [9.17, 15) is 0 Å². The van der Waals surface area contributed by atoms with Crippen LogP contribution in [-0.4, -0.2) is 6.61 Å². The summed E-state index contributed by atoms with van der Waals surface area (Å²) >= 11 is 0. The first-order chi connectivity index (χ1) is 10.1. The molecule has 1 unspecified atom stereocenters. The van der Waals surface area contributed by atoms with Crippen LogP contribution in [-0.2, 0) is 15.7 Å². The smallest absolute Gasteiger partial charge is 0.205 e. The zero-order valence-electron chi connectivity index (χ0n) is 13.2. The third kappa shape index (κ3) is 4.38. The van der Waals surface area contributed by atoms with Gasteiger partial charge in [0.15, 0.2) is 0 Å². The van der Waals surface area contributed by atoms with Gasteiger partial charge in [-0.3, -0.25) is 0 Å². The fourth-order valence-electron chi connectivity index (χ4n) is 2.41. The molecule has 2 aromatic carbocycles. The Morgan fingerprint density at radius 1 is 0.905 bits per heavy atom. The van der Waals surface area contributed by atoms with Gasteiger partial charge in [0.25, 0.3) is 0 Å². The molecular formula is C18H23O2P. The van der Waals surface area contributed by atoms with Crippen LogP contribution in [0.4, 0.5) is 0 Å². The lowest BCUT2D eigenvalue weighted by atomic mass is 10.0. The van der Waals surface area contributed by atoms with E-state index in [2.05, 4.69) is 45.0 Å². The van der Waals surface area contributed by atoms with Crippen LogP contribution in [0, 0.1) is 20.8 Å². The third-order valence-electron chi connectivity index (χ3n) is 3.38. The fourth-order valence-corrected chi connectivity index (χ4v) is 3.68. The number of hydrogen-bond donors (Lipinski definition) is 0. The van der Waals surface area contributed by atoms with Gasteiger partial charge in [0.1, 0.15) is 0 Å². The molecule has 0 aliphatic rings. The highest BCUT2D eigenvalue weighted by molar-refractivity contribution is 7.55. The topological polar surface area (TPSA) is 18.5 Å². The minimum Gasteiger partial charge on any atom is -0.331 e. The van der Waals surface area contributed by atoms with Gasteiger partial charge >= 0.3 is 0 Å². The maximum Gasteiger partial charge on any atom is 0.205 e. The lowest BCUT2D eigenvalue weighted by Crippen LogP contribution is -2.07. The summed E-state index contributed by atoms with van der Waals surface area (Å²) in [5, 5.41) is 1.12. The molecule has 0 radical (unpaired) electrons. The van der Waals surface area contributed by atoms with E-state index in [0.29, 0.717) is 13.2 Å². The predicted octanol–water partition coefficient (Wildman–Crippen LogP) is 4.80. The van der Waals surface area contributed by atoms with Crippen molar-refractivity contribution in [3.63, 3.8) is 0 Å². The zero-order chi connectivity index (χ0) is 15.2. The minimum atomic E-state index is -1.01. The van der Waals surface area contributed by atoms with Gasteiger partial charge in [-0.2, -0.15) is 0 Å². The van der Waals surface area contributed by atoms with Crippen LogP contribution in [0.1, 0.15) is 29.2 Å². The van der Waals surface area contributed by atoms with Crippen LogP contribution in [0.5, 0.6) is 0 Å². The van der Waals surface area contributed by atoms with Crippen molar-refractivity contribution < 1.29 is 9.05 Å². The first-order valence-electron chi connectivity index (χ1n) is 7.29. The molecular weight excluding hydrogens is 279 g/mol. The molecule has 0 aliphatic carbocycles. The molecule has 0 heterocycles. The van der Waals surface area contributed by atoms with Gasteiger partial charge in [0.2, 0.25) is 8.38 Å². The zero-order valence-corrected chi connectivity index (χ0v) is 14.1. The molecule has 0 spiro atoms. The first kappa shape index (κ1) is 16.2. The highest BCUT2D eigenvalue weighted by Crippen LogP contribution is 2.38. The van der Waals surface area contributed by atoms with Gasteiger partial charge in [-0.05, 0) is 56.5 Å². The van der Waals surface area contributed by atoms with E-state index < -0.39 is 8.38 Å². The number of aryl methyl sites for hydroxylation is 3. The van der Waals surface area contributed by atoms with Gasteiger partial charge in [0, 0.05) is 5.30 Å². The van der Waals surface area contributed by atoms with Gasteiger partial charge in [-0.25, -0.2) is 0 Å². The van der Waals surface area contributed by atoms with Crippen molar-refractivity contribution in [3.8, 4) is 0 Å². The van der Waals surface area contributed by atoms with Crippen LogP contribution in [0.15, 0.2) is 42.5 Å². The first-order valence-corrected chi connectivity index (χ1v) is 8.47. The monoisotopic (exact) mass is 302 g/mol. The summed E-state index contributed by atoms with van der Waals surface area (Å²) in [4.78, 5) is 0. The molecule has 0 saturated heterocycles. The van der Waals surface area contributed by atoms with Gasteiger partial charge in [-0.15, -0.1) is 0 Å². The van der Waals surface area contributed by atoms with Crippen LogP contribution in [0.2, 0.25) is 0 Å². The second-order valence-electron chi connectivity index (χ2n) is 5.16. The molecule has 0 fully saturated rings. The normalized spacial score (nSPS) is 12.4. The average molecular weight is 302 g/mol. The molecule has 2 rings (SSSR count). The van der Waals surface area contributed by atoms with Crippen molar-refractivity contribution in [2.45, 2.75) is 34.3 Å². The molecule has 0 amide bonds. The summed E-state index contributed by atoms with van der Waals surface area (Å²) in [7, 11) is -1.01. The van der Waals surface area contributed by atoms with Crippen molar-refractivity contribution in [1.82, 2.24) is 0 Å². The second kappa shape index (κ2) is 7.70. The maximum atomic E-state index is 6.10. The Kier molecular flexibility index (Phi) is 5.93. The molecule has 112 valence electrons. The molecule has 2 aromatic rings. The van der Waals surface area contributed by atoms with Gasteiger partial charge in [-0.1, -0.05) is 35.9 Å². The molecule has 1 atom stereocenters. The Hall–Kier alpha value is -1.21. The van der Waals surface area contributed by atoms with E-state index in [1.54, 1.807) is 0 Å². The summed E-state index contributed by atoms with van der Waals surface area (Å²) in [6, 6.07) is 14.6. The van der Waals surface area contributed by atoms with E-state index in [4.69, 9.17) is 9.05 Å². The Morgan fingerprint density at radius 2 is 1.52 bits per heavy atom. The van der Waals surface area contributed by atoms with Crippen LogP contribution < -0.4 is 5.30 Å². The molecule has 3 heteroatoms. The Balaban J connectivity index is 2.13. The van der Waals surface area contributed by atoms with Crippen molar-refractivity contribution in [3.05, 3.63) is 64.7 Å². The van der Waals surface area contributed by atoms with Crippen molar-refractivity contribution in [2.75, 3.05) is 6.61 Å². The summed E-state index contributed by atoms with van der Waals surface area (Å²) in [5.41, 5.74) is 5.13. The Bertz CT molecular complexity index is 558. The standard InChI is InChI=1S/C18H23O2P/c1-5-19-21(17-9-7-6-8-10-17)20-13-18-15(3)11-14(2)12-16(18)4/h6-12H,5,13H2,1-4H3. The highest BCUT2D eigenvalue weighted by Gasteiger charge is 2.14. The number of rotatable bonds is 6. The van der Waals surface area contributed by atoms with Crippen LogP contribution in [0.3, 0.4) is 0 Å².